The fourth-order valence-corrected chi connectivity index (χ4v) is 2.33. The summed E-state index contributed by atoms with van der Waals surface area (Å²) in [4.78, 5) is 0. The van der Waals surface area contributed by atoms with Crippen molar-refractivity contribution in [3.8, 4) is 11.5 Å². The molecule has 0 fully saturated rings. The average Bonchev–Trinajstić information content (AvgIpc) is 2.34. The summed E-state index contributed by atoms with van der Waals surface area (Å²) < 4.78 is 7.07. The predicted octanol–water partition coefficient (Wildman–Crippen LogP) is 4.32. The zero-order valence-electron chi connectivity index (χ0n) is 10.5. The van der Waals surface area contributed by atoms with Crippen molar-refractivity contribution in [2.24, 2.45) is 5.73 Å². The molecule has 0 amide bonds. The SMILES string of the molecule is Cc1cc(Br)ccc1Oc1c(C)cccc1CN. The van der Waals surface area contributed by atoms with E-state index in [1.165, 1.54) is 0 Å². The Balaban J connectivity index is 2.39. The van der Waals surface area contributed by atoms with Crippen LogP contribution in [0.2, 0.25) is 0 Å². The lowest BCUT2D eigenvalue weighted by Crippen LogP contribution is -2.01. The molecule has 2 aromatic rings. The van der Waals surface area contributed by atoms with Crippen molar-refractivity contribution in [1.29, 1.82) is 0 Å². The van der Waals surface area contributed by atoms with Gasteiger partial charge in [-0.3, -0.25) is 0 Å². The highest BCUT2D eigenvalue weighted by atomic mass is 79.9. The van der Waals surface area contributed by atoms with E-state index in [9.17, 15) is 0 Å². The van der Waals surface area contributed by atoms with Crippen molar-refractivity contribution in [2.45, 2.75) is 20.4 Å². The molecule has 94 valence electrons. The van der Waals surface area contributed by atoms with Gasteiger partial charge in [0, 0.05) is 16.6 Å². The van der Waals surface area contributed by atoms with Crippen LogP contribution in [0.4, 0.5) is 0 Å². The van der Waals surface area contributed by atoms with Crippen molar-refractivity contribution in [3.63, 3.8) is 0 Å². The first-order chi connectivity index (χ1) is 8.61. The van der Waals surface area contributed by atoms with Gasteiger partial charge in [0.2, 0.25) is 0 Å². The maximum Gasteiger partial charge on any atom is 0.134 e. The molecule has 2 aromatic carbocycles. The molecule has 0 aliphatic carbocycles. The Labute approximate surface area is 116 Å². The largest absolute Gasteiger partial charge is 0.456 e. The van der Waals surface area contributed by atoms with E-state index in [1.807, 2.05) is 50.2 Å². The topological polar surface area (TPSA) is 35.2 Å². The molecule has 2 nitrogen and oxygen atoms in total. The molecule has 0 saturated carbocycles. The molecule has 0 aliphatic heterocycles. The smallest absolute Gasteiger partial charge is 0.134 e. The first kappa shape index (κ1) is 13.1. The molecule has 0 bridgehead atoms. The van der Waals surface area contributed by atoms with Gasteiger partial charge in [0.1, 0.15) is 11.5 Å². The van der Waals surface area contributed by atoms with Gasteiger partial charge in [0.05, 0.1) is 0 Å². The van der Waals surface area contributed by atoms with Gasteiger partial charge in [-0.25, -0.2) is 0 Å². The molecule has 0 aliphatic rings. The Morgan fingerprint density at radius 2 is 1.89 bits per heavy atom. The highest BCUT2D eigenvalue weighted by Crippen LogP contribution is 2.31. The number of rotatable bonds is 3. The van der Waals surface area contributed by atoms with Crippen LogP contribution in [0.15, 0.2) is 40.9 Å². The van der Waals surface area contributed by atoms with E-state index in [0.29, 0.717) is 6.54 Å². The van der Waals surface area contributed by atoms with Gasteiger partial charge in [0.25, 0.3) is 0 Å². The van der Waals surface area contributed by atoms with Crippen LogP contribution in [-0.2, 0) is 6.54 Å². The lowest BCUT2D eigenvalue weighted by molar-refractivity contribution is 0.469. The molecule has 2 rings (SSSR count). The van der Waals surface area contributed by atoms with Crippen LogP contribution in [0, 0.1) is 13.8 Å². The molecule has 3 heteroatoms. The monoisotopic (exact) mass is 305 g/mol. The Kier molecular flexibility index (Phi) is 4.04. The van der Waals surface area contributed by atoms with E-state index < -0.39 is 0 Å². The molecular formula is C15H16BrNO. The van der Waals surface area contributed by atoms with Crippen molar-refractivity contribution >= 4 is 15.9 Å². The molecule has 0 unspecified atom stereocenters. The lowest BCUT2D eigenvalue weighted by Gasteiger charge is -2.14. The highest BCUT2D eigenvalue weighted by molar-refractivity contribution is 9.10. The first-order valence-corrected chi connectivity index (χ1v) is 6.63. The van der Waals surface area contributed by atoms with Gasteiger partial charge >= 0.3 is 0 Å². The van der Waals surface area contributed by atoms with E-state index in [4.69, 9.17) is 10.5 Å². The zero-order chi connectivity index (χ0) is 13.1. The average molecular weight is 306 g/mol. The van der Waals surface area contributed by atoms with Crippen LogP contribution in [0.25, 0.3) is 0 Å². The van der Waals surface area contributed by atoms with Crippen LogP contribution < -0.4 is 10.5 Å². The number of nitrogens with two attached hydrogens (primary N) is 1. The first-order valence-electron chi connectivity index (χ1n) is 5.84. The maximum absolute atomic E-state index is 6.02. The van der Waals surface area contributed by atoms with Gasteiger partial charge in [-0.2, -0.15) is 0 Å². The molecule has 0 atom stereocenters. The molecule has 0 spiro atoms. The van der Waals surface area contributed by atoms with Crippen LogP contribution in [0.5, 0.6) is 11.5 Å². The summed E-state index contributed by atoms with van der Waals surface area (Å²) in [5.74, 6) is 1.73. The summed E-state index contributed by atoms with van der Waals surface area (Å²) in [6.07, 6.45) is 0. The minimum atomic E-state index is 0.479. The Hall–Kier alpha value is -1.32. The minimum Gasteiger partial charge on any atom is -0.456 e. The molecule has 0 radical (unpaired) electrons. The Morgan fingerprint density at radius 1 is 1.11 bits per heavy atom. The third kappa shape index (κ3) is 2.74. The van der Waals surface area contributed by atoms with E-state index >= 15 is 0 Å². The fourth-order valence-electron chi connectivity index (χ4n) is 1.86. The van der Waals surface area contributed by atoms with Gasteiger partial charge in [-0.05, 0) is 43.2 Å². The second-order valence-corrected chi connectivity index (χ2v) is 5.19. The number of ether oxygens (including phenoxy) is 1. The number of para-hydroxylation sites is 1. The third-order valence-electron chi connectivity index (χ3n) is 2.86. The summed E-state index contributed by atoms with van der Waals surface area (Å²) in [5, 5.41) is 0. The lowest BCUT2D eigenvalue weighted by atomic mass is 10.1. The van der Waals surface area contributed by atoms with Crippen molar-refractivity contribution in [1.82, 2.24) is 0 Å². The van der Waals surface area contributed by atoms with Crippen LogP contribution >= 0.6 is 15.9 Å². The summed E-state index contributed by atoms with van der Waals surface area (Å²) in [6.45, 7) is 4.54. The van der Waals surface area contributed by atoms with Crippen LogP contribution in [0.3, 0.4) is 0 Å². The number of benzene rings is 2. The molecule has 0 aromatic heterocycles. The van der Waals surface area contributed by atoms with Crippen molar-refractivity contribution in [3.05, 3.63) is 57.6 Å². The molecule has 18 heavy (non-hydrogen) atoms. The van der Waals surface area contributed by atoms with Crippen LogP contribution in [-0.4, -0.2) is 0 Å². The summed E-state index contributed by atoms with van der Waals surface area (Å²) in [7, 11) is 0. The van der Waals surface area contributed by atoms with E-state index in [2.05, 4.69) is 15.9 Å². The highest BCUT2D eigenvalue weighted by Gasteiger charge is 2.08. The van der Waals surface area contributed by atoms with E-state index in [0.717, 1.165) is 32.7 Å². The van der Waals surface area contributed by atoms with E-state index in [-0.39, 0.29) is 0 Å². The van der Waals surface area contributed by atoms with Gasteiger partial charge in [0.15, 0.2) is 0 Å². The zero-order valence-corrected chi connectivity index (χ0v) is 12.1. The second kappa shape index (κ2) is 5.55. The van der Waals surface area contributed by atoms with Gasteiger partial charge in [-0.1, -0.05) is 34.1 Å². The molecule has 0 saturated heterocycles. The second-order valence-electron chi connectivity index (χ2n) is 4.28. The minimum absolute atomic E-state index is 0.479. The molecule has 2 N–H and O–H groups in total. The van der Waals surface area contributed by atoms with Gasteiger partial charge < -0.3 is 10.5 Å². The Morgan fingerprint density at radius 3 is 2.56 bits per heavy atom. The number of hydrogen-bond donors (Lipinski definition) is 1. The summed E-state index contributed by atoms with van der Waals surface area (Å²) in [5.41, 5.74) is 8.96. The van der Waals surface area contributed by atoms with E-state index in [1.54, 1.807) is 0 Å². The van der Waals surface area contributed by atoms with Crippen LogP contribution in [0.1, 0.15) is 16.7 Å². The fraction of sp³-hybridized carbons (Fsp3) is 0.200. The Bertz CT molecular complexity index is 566. The standard InChI is InChI=1S/C15H16BrNO/c1-10-4-3-5-12(9-17)15(10)18-14-7-6-13(16)8-11(14)2/h3-8H,9,17H2,1-2H3. The number of halogens is 1. The number of aryl methyl sites for hydroxylation is 2. The summed E-state index contributed by atoms with van der Waals surface area (Å²) in [6, 6.07) is 12.0. The van der Waals surface area contributed by atoms with Crippen molar-refractivity contribution < 1.29 is 4.74 Å². The maximum atomic E-state index is 6.02. The third-order valence-corrected chi connectivity index (χ3v) is 3.36. The quantitative estimate of drug-likeness (QED) is 0.916. The molecule has 0 heterocycles. The van der Waals surface area contributed by atoms with Crippen molar-refractivity contribution in [2.75, 3.05) is 0 Å². The predicted molar refractivity (Wildman–Crippen MR) is 78.0 cm³/mol. The number of hydrogen-bond acceptors (Lipinski definition) is 2. The summed E-state index contributed by atoms with van der Waals surface area (Å²) >= 11 is 3.45. The normalized spacial score (nSPS) is 10.4. The molecular weight excluding hydrogens is 290 g/mol. The van der Waals surface area contributed by atoms with Gasteiger partial charge in [-0.15, -0.1) is 0 Å².